The molecule has 1 unspecified atom stereocenters. The van der Waals surface area contributed by atoms with E-state index in [1.54, 1.807) is 18.2 Å². The van der Waals surface area contributed by atoms with E-state index in [4.69, 9.17) is 0 Å². The summed E-state index contributed by atoms with van der Waals surface area (Å²) >= 11 is 1.26. The van der Waals surface area contributed by atoms with E-state index in [9.17, 15) is 13.5 Å². The van der Waals surface area contributed by atoms with Gasteiger partial charge in [-0.2, -0.15) is 0 Å². The van der Waals surface area contributed by atoms with Gasteiger partial charge in [0.2, 0.25) is 0 Å². The highest BCUT2D eigenvalue weighted by Crippen LogP contribution is 2.37. The van der Waals surface area contributed by atoms with Crippen molar-refractivity contribution in [1.82, 2.24) is 0 Å². The lowest BCUT2D eigenvalue weighted by atomic mass is 10.1. The number of anilines is 1. The molecule has 0 spiro atoms. The van der Waals surface area contributed by atoms with Gasteiger partial charge in [0.1, 0.15) is 4.21 Å². The summed E-state index contributed by atoms with van der Waals surface area (Å²) in [6.45, 7) is 1.70. The monoisotopic (exact) mass is 309 g/mol. The Morgan fingerprint density at radius 3 is 2.70 bits per heavy atom. The predicted octanol–water partition coefficient (Wildman–Crippen LogP) is 2.17. The number of fused-ring (bicyclic) bond motifs is 1. The van der Waals surface area contributed by atoms with Crippen molar-refractivity contribution in [2.24, 2.45) is 0 Å². The lowest BCUT2D eigenvalue weighted by Crippen LogP contribution is -2.39. The van der Waals surface area contributed by atoms with Crippen LogP contribution in [0.4, 0.5) is 5.69 Å². The number of hydrogen-bond donors (Lipinski definition) is 1. The van der Waals surface area contributed by atoms with Crippen LogP contribution in [-0.2, 0) is 16.4 Å². The van der Waals surface area contributed by atoms with Crippen molar-refractivity contribution in [3.63, 3.8) is 0 Å². The van der Waals surface area contributed by atoms with Crippen LogP contribution in [0.3, 0.4) is 0 Å². The number of thiophene rings is 1. The molecule has 0 saturated heterocycles. The first-order valence-corrected chi connectivity index (χ1v) is 8.59. The molecule has 1 aromatic heterocycles. The first-order chi connectivity index (χ1) is 9.54. The van der Waals surface area contributed by atoms with Crippen molar-refractivity contribution in [2.45, 2.75) is 23.6 Å². The van der Waals surface area contributed by atoms with Gasteiger partial charge in [-0.1, -0.05) is 18.2 Å². The summed E-state index contributed by atoms with van der Waals surface area (Å²) in [7, 11) is -3.60. The maximum absolute atomic E-state index is 12.8. The number of aliphatic hydroxyl groups is 1. The van der Waals surface area contributed by atoms with Crippen LogP contribution < -0.4 is 4.31 Å². The third kappa shape index (κ3) is 2.04. The summed E-state index contributed by atoms with van der Waals surface area (Å²) in [6.07, 6.45) is 0.552. The van der Waals surface area contributed by atoms with Crippen LogP contribution in [0.25, 0.3) is 0 Å². The molecule has 0 amide bonds. The fourth-order valence-electron chi connectivity index (χ4n) is 2.54. The Morgan fingerprint density at radius 1 is 1.30 bits per heavy atom. The van der Waals surface area contributed by atoms with Crippen molar-refractivity contribution in [1.29, 1.82) is 0 Å². The maximum atomic E-state index is 12.8. The van der Waals surface area contributed by atoms with E-state index >= 15 is 0 Å². The molecule has 1 aliphatic rings. The normalized spacial score (nSPS) is 18.3. The number of aryl methyl sites for hydroxylation is 1. The zero-order valence-electron chi connectivity index (χ0n) is 11.0. The molecule has 0 aliphatic carbocycles. The predicted molar refractivity (Wildman–Crippen MR) is 79.7 cm³/mol. The van der Waals surface area contributed by atoms with E-state index in [2.05, 4.69) is 0 Å². The van der Waals surface area contributed by atoms with E-state index in [1.165, 1.54) is 15.6 Å². The van der Waals surface area contributed by atoms with Gasteiger partial charge in [0.25, 0.3) is 10.0 Å². The summed E-state index contributed by atoms with van der Waals surface area (Å²) in [5.74, 6) is 0. The maximum Gasteiger partial charge on any atom is 0.274 e. The Kier molecular flexibility index (Phi) is 3.32. The van der Waals surface area contributed by atoms with Crippen LogP contribution >= 0.6 is 11.3 Å². The molecule has 0 bridgehead atoms. The van der Waals surface area contributed by atoms with Crippen molar-refractivity contribution in [3.05, 3.63) is 46.8 Å². The summed E-state index contributed by atoms with van der Waals surface area (Å²) in [5, 5.41) is 9.52. The third-order valence-electron chi connectivity index (χ3n) is 3.46. The van der Waals surface area contributed by atoms with E-state index in [0.29, 0.717) is 16.3 Å². The fourth-order valence-corrected chi connectivity index (χ4v) is 5.59. The van der Waals surface area contributed by atoms with Crippen LogP contribution in [0.15, 0.2) is 40.6 Å². The molecule has 1 N–H and O–H groups in total. The molecule has 2 heterocycles. The molecule has 1 atom stereocenters. The average molecular weight is 309 g/mol. The van der Waals surface area contributed by atoms with Crippen molar-refractivity contribution < 1.29 is 13.5 Å². The quantitative estimate of drug-likeness (QED) is 0.945. The van der Waals surface area contributed by atoms with Gasteiger partial charge < -0.3 is 5.11 Å². The molecule has 2 aromatic rings. The van der Waals surface area contributed by atoms with Crippen LogP contribution in [0.2, 0.25) is 0 Å². The molecule has 0 saturated carbocycles. The molecule has 0 radical (unpaired) electrons. The minimum atomic E-state index is -3.60. The molecule has 1 aliphatic heterocycles. The first kappa shape index (κ1) is 13.6. The largest absolute Gasteiger partial charge is 0.394 e. The van der Waals surface area contributed by atoms with Crippen LogP contribution in [-0.4, -0.2) is 26.2 Å². The van der Waals surface area contributed by atoms with Gasteiger partial charge in [-0.05, 0) is 37.1 Å². The minimum absolute atomic E-state index is 0.182. The average Bonchev–Trinajstić information content (AvgIpc) is 3.02. The molecule has 0 fully saturated rings. The lowest BCUT2D eigenvalue weighted by Gasteiger charge is -2.24. The Morgan fingerprint density at radius 2 is 2.05 bits per heavy atom. The van der Waals surface area contributed by atoms with Gasteiger partial charge >= 0.3 is 0 Å². The van der Waals surface area contributed by atoms with Gasteiger partial charge in [0.05, 0.1) is 18.3 Å². The summed E-state index contributed by atoms with van der Waals surface area (Å²) in [5.41, 5.74) is 1.64. The summed E-state index contributed by atoms with van der Waals surface area (Å²) in [6, 6.07) is 10.4. The summed E-state index contributed by atoms with van der Waals surface area (Å²) in [4.78, 5) is 0.955. The van der Waals surface area contributed by atoms with Gasteiger partial charge in [-0.25, -0.2) is 8.42 Å². The van der Waals surface area contributed by atoms with Gasteiger partial charge in [0.15, 0.2) is 0 Å². The van der Waals surface area contributed by atoms with Gasteiger partial charge in [0, 0.05) is 4.88 Å². The van der Waals surface area contributed by atoms with Crippen molar-refractivity contribution >= 4 is 27.0 Å². The molecule has 6 heteroatoms. The number of hydrogen-bond acceptors (Lipinski definition) is 4. The molecule has 106 valence electrons. The molecular formula is C14H15NO3S2. The van der Waals surface area contributed by atoms with Gasteiger partial charge in [-0.3, -0.25) is 4.31 Å². The van der Waals surface area contributed by atoms with Crippen LogP contribution in [0.5, 0.6) is 0 Å². The van der Waals surface area contributed by atoms with Crippen molar-refractivity contribution in [3.8, 4) is 0 Å². The second-order valence-electron chi connectivity index (χ2n) is 4.84. The molecule has 4 nitrogen and oxygen atoms in total. The van der Waals surface area contributed by atoms with Crippen LogP contribution in [0, 0.1) is 6.92 Å². The third-order valence-corrected chi connectivity index (χ3v) is 6.79. The lowest BCUT2D eigenvalue weighted by molar-refractivity contribution is 0.270. The Balaban J connectivity index is 2.12. The standard InChI is InChI=1S/C14H15NO3S2/c1-10-6-7-14(19-10)20(17,18)15-12(9-16)8-11-4-2-3-5-13(11)15/h2-7,12,16H,8-9H2,1H3. The summed E-state index contributed by atoms with van der Waals surface area (Å²) < 4.78 is 27.3. The Bertz CT molecular complexity index is 736. The van der Waals surface area contributed by atoms with E-state index < -0.39 is 16.1 Å². The van der Waals surface area contributed by atoms with E-state index in [-0.39, 0.29) is 6.61 Å². The fraction of sp³-hybridized carbons (Fsp3) is 0.286. The SMILES string of the molecule is Cc1ccc(S(=O)(=O)N2c3ccccc3CC2CO)s1. The number of rotatable bonds is 3. The first-order valence-electron chi connectivity index (χ1n) is 6.33. The Hall–Kier alpha value is -1.37. The zero-order valence-corrected chi connectivity index (χ0v) is 12.6. The van der Waals surface area contributed by atoms with Crippen molar-refractivity contribution in [2.75, 3.05) is 10.9 Å². The number of sulfonamides is 1. The minimum Gasteiger partial charge on any atom is -0.394 e. The van der Waals surface area contributed by atoms with E-state index in [0.717, 1.165) is 10.4 Å². The molecule has 3 rings (SSSR count). The molecular weight excluding hydrogens is 294 g/mol. The number of para-hydroxylation sites is 1. The van der Waals surface area contributed by atoms with E-state index in [1.807, 2.05) is 25.1 Å². The topological polar surface area (TPSA) is 57.6 Å². The highest BCUT2D eigenvalue weighted by Gasteiger charge is 2.38. The highest BCUT2D eigenvalue weighted by atomic mass is 32.2. The highest BCUT2D eigenvalue weighted by molar-refractivity contribution is 7.94. The second-order valence-corrected chi connectivity index (χ2v) is 8.16. The second kappa shape index (κ2) is 4.87. The van der Waals surface area contributed by atoms with Gasteiger partial charge in [-0.15, -0.1) is 11.3 Å². The van der Waals surface area contributed by atoms with Crippen LogP contribution in [0.1, 0.15) is 10.4 Å². The zero-order chi connectivity index (χ0) is 14.3. The smallest absolute Gasteiger partial charge is 0.274 e. The molecule has 20 heavy (non-hydrogen) atoms. The Labute approximate surface area is 122 Å². The molecule has 1 aromatic carbocycles. The number of benzene rings is 1. The number of nitrogens with zero attached hydrogens (tertiary/aromatic N) is 1. The number of aliphatic hydroxyl groups excluding tert-OH is 1.